The van der Waals surface area contributed by atoms with E-state index in [0.29, 0.717) is 14.9 Å². The first kappa shape index (κ1) is 19.1. The van der Waals surface area contributed by atoms with Crippen LogP contribution in [0.4, 0.5) is 0 Å². The lowest BCUT2D eigenvalue weighted by molar-refractivity contribution is 0.429. The third-order valence-corrected chi connectivity index (χ3v) is 10.1. The van der Waals surface area contributed by atoms with Gasteiger partial charge in [0.1, 0.15) is 4.21 Å². The Morgan fingerprint density at radius 1 is 1.08 bits per heavy atom. The Morgan fingerprint density at radius 3 is 2.44 bits per heavy atom. The Labute approximate surface area is 161 Å². The number of benzene rings is 1. The summed E-state index contributed by atoms with van der Waals surface area (Å²) in [4.78, 5) is 0. The van der Waals surface area contributed by atoms with Crippen LogP contribution in [0, 0.1) is 0 Å². The number of hydrogen-bond donors (Lipinski definition) is 0. The standard InChI is InChI=1S/C15H15Cl2NO4S3/c16-12-4-2-1-3-11(12)13-7-8-18(9-10-24(13,19)20)25(21,22)15-6-5-14(17)23-15/h1-6,13H,7-10H2. The Balaban J connectivity index is 1.92. The lowest BCUT2D eigenvalue weighted by atomic mass is 10.1. The molecule has 3 rings (SSSR count). The molecule has 0 bridgehead atoms. The fraction of sp³-hybridized carbons (Fsp3) is 0.333. The van der Waals surface area contributed by atoms with Gasteiger partial charge < -0.3 is 0 Å². The number of nitrogens with zero attached hydrogens (tertiary/aromatic N) is 1. The predicted octanol–water partition coefficient (Wildman–Crippen LogP) is 3.61. The van der Waals surface area contributed by atoms with Crippen LogP contribution in [0.3, 0.4) is 0 Å². The lowest BCUT2D eigenvalue weighted by Crippen LogP contribution is -2.33. The van der Waals surface area contributed by atoms with Crippen molar-refractivity contribution in [2.24, 2.45) is 0 Å². The van der Waals surface area contributed by atoms with Crippen molar-refractivity contribution in [1.82, 2.24) is 4.31 Å². The molecule has 1 aliphatic rings. The highest BCUT2D eigenvalue weighted by Gasteiger charge is 2.36. The summed E-state index contributed by atoms with van der Waals surface area (Å²) in [7, 11) is -7.28. The van der Waals surface area contributed by atoms with Gasteiger partial charge in [0, 0.05) is 18.1 Å². The van der Waals surface area contributed by atoms with Gasteiger partial charge in [0.05, 0.1) is 15.3 Å². The van der Waals surface area contributed by atoms with E-state index >= 15 is 0 Å². The zero-order valence-electron chi connectivity index (χ0n) is 12.9. The normalized spacial score (nSPS) is 21.8. The van der Waals surface area contributed by atoms with Crippen LogP contribution in [0.2, 0.25) is 9.36 Å². The Morgan fingerprint density at radius 2 is 1.80 bits per heavy atom. The van der Waals surface area contributed by atoms with Gasteiger partial charge in [-0.25, -0.2) is 16.8 Å². The van der Waals surface area contributed by atoms with Gasteiger partial charge in [0.25, 0.3) is 10.0 Å². The van der Waals surface area contributed by atoms with Crippen LogP contribution >= 0.6 is 34.5 Å². The maximum Gasteiger partial charge on any atom is 0.252 e. The largest absolute Gasteiger partial charge is 0.252 e. The SMILES string of the molecule is O=S1(=O)CCN(S(=O)(=O)c2ccc(Cl)s2)CCC1c1ccccc1Cl. The zero-order chi connectivity index (χ0) is 18.2. The molecule has 0 N–H and O–H groups in total. The van der Waals surface area contributed by atoms with E-state index in [0.717, 1.165) is 11.3 Å². The molecule has 0 aliphatic carbocycles. The number of sulfone groups is 1. The van der Waals surface area contributed by atoms with Crippen LogP contribution in [0.1, 0.15) is 17.2 Å². The molecule has 0 spiro atoms. The quantitative estimate of drug-likeness (QED) is 0.731. The minimum Gasteiger partial charge on any atom is -0.228 e. The topological polar surface area (TPSA) is 71.5 Å². The van der Waals surface area contributed by atoms with E-state index in [1.807, 2.05) is 0 Å². The number of sulfonamides is 1. The molecule has 1 saturated heterocycles. The van der Waals surface area contributed by atoms with Gasteiger partial charge in [-0.3, -0.25) is 0 Å². The van der Waals surface area contributed by atoms with E-state index < -0.39 is 25.1 Å². The van der Waals surface area contributed by atoms with E-state index in [-0.39, 0.29) is 29.5 Å². The molecule has 25 heavy (non-hydrogen) atoms. The smallest absolute Gasteiger partial charge is 0.228 e. The summed E-state index contributed by atoms with van der Waals surface area (Å²) >= 11 is 12.9. The monoisotopic (exact) mass is 439 g/mol. The van der Waals surface area contributed by atoms with Gasteiger partial charge in [-0.15, -0.1) is 11.3 Å². The highest BCUT2D eigenvalue weighted by Crippen LogP contribution is 2.36. The molecule has 1 fully saturated rings. The second-order valence-electron chi connectivity index (χ2n) is 5.63. The van der Waals surface area contributed by atoms with Crippen molar-refractivity contribution in [3.05, 3.63) is 51.3 Å². The van der Waals surface area contributed by atoms with Crippen molar-refractivity contribution < 1.29 is 16.8 Å². The number of hydrogen-bond acceptors (Lipinski definition) is 5. The van der Waals surface area contributed by atoms with Crippen LogP contribution in [-0.4, -0.2) is 40.0 Å². The third kappa shape index (κ3) is 3.89. The van der Waals surface area contributed by atoms with E-state index in [4.69, 9.17) is 23.2 Å². The van der Waals surface area contributed by atoms with E-state index in [2.05, 4.69) is 0 Å². The van der Waals surface area contributed by atoms with E-state index in [1.54, 1.807) is 24.3 Å². The first-order chi connectivity index (χ1) is 11.7. The molecule has 1 aliphatic heterocycles. The van der Waals surface area contributed by atoms with Gasteiger partial charge in [-0.2, -0.15) is 4.31 Å². The summed E-state index contributed by atoms with van der Waals surface area (Å²) in [6.07, 6.45) is 0.157. The van der Waals surface area contributed by atoms with Gasteiger partial charge >= 0.3 is 0 Å². The Kier molecular flexibility index (Phi) is 5.49. The predicted molar refractivity (Wildman–Crippen MR) is 101 cm³/mol. The summed E-state index contributed by atoms with van der Waals surface area (Å²) in [5.74, 6) is -0.249. The fourth-order valence-corrected chi connectivity index (χ4v) is 8.17. The van der Waals surface area contributed by atoms with E-state index in [9.17, 15) is 16.8 Å². The van der Waals surface area contributed by atoms with Crippen molar-refractivity contribution in [2.45, 2.75) is 15.9 Å². The maximum absolute atomic E-state index is 12.7. The molecule has 2 aromatic rings. The molecule has 5 nitrogen and oxygen atoms in total. The minimum atomic E-state index is -3.76. The van der Waals surface area contributed by atoms with Gasteiger partial charge in [0.15, 0.2) is 9.84 Å². The minimum absolute atomic E-state index is 0.0822. The maximum atomic E-state index is 12.7. The summed E-state index contributed by atoms with van der Waals surface area (Å²) in [5, 5.41) is -0.439. The summed E-state index contributed by atoms with van der Waals surface area (Å²) in [5.41, 5.74) is 0.516. The summed E-state index contributed by atoms with van der Waals surface area (Å²) in [6, 6.07) is 9.72. The van der Waals surface area contributed by atoms with Crippen LogP contribution in [0.5, 0.6) is 0 Å². The number of halogens is 2. The van der Waals surface area contributed by atoms with Crippen LogP contribution in [0.15, 0.2) is 40.6 Å². The summed E-state index contributed by atoms with van der Waals surface area (Å²) < 4.78 is 52.5. The molecule has 1 aromatic carbocycles. The molecule has 0 radical (unpaired) electrons. The van der Waals surface area contributed by atoms with Crippen molar-refractivity contribution in [1.29, 1.82) is 0 Å². The number of thiophene rings is 1. The highest BCUT2D eigenvalue weighted by atomic mass is 35.5. The van der Waals surface area contributed by atoms with Crippen molar-refractivity contribution in [3.63, 3.8) is 0 Å². The van der Waals surface area contributed by atoms with Crippen molar-refractivity contribution in [3.8, 4) is 0 Å². The Hall–Kier alpha value is -0.640. The number of rotatable bonds is 3. The van der Waals surface area contributed by atoms with Crippen molar-refractivity contribution >= 4 is 54.4 Å². The molecular weight excluding hydrogens is 425 g/mol. The fourth-order valence-electron chi connectivity index (χ4n) is 2.81. The molecule has 1 unspecified atom stereocenters. The molecule has 2 heterocycles. The molecule has 1 atom stereocenters. The average molecular weight is 440 g/mol. The molecular formula is C15H15Cl2NO4S3. The first-order valence-electron chi connectivity index (χ1n) is 7.43. The van der Waals surface area contributed by atoms with Crippen LogP contribution in [-0.2, 0) is 19.9 Å². The van der Waals surface area contributed by atoms with E-state index in [1.165, 1.54) is 16.4 Å². The molecule has 0 amide bonds. The van der Waals surface area contributed by atoms with Crippen LogP contribution in [0.25, 0.3) is 0 Å². The van der Waals surface area contributed by atoms with Gasteiger partial charge in [-0.05, 0) is 30.2 Å². The van der Waals surface area contributed by atoms with Crippen LogP contribution < -0.4 is 0 Å². The highest BCUT2D eigenvalue weighted by molar-refractivity contribution is 7.92. The molecule has 1 aromatic heterocycles. The van der Waals surface area contributed by atoms with Crippen molar-refractivity contribution in [2.75, 3.05) is 18.8 Å². The second-order valence-corrected chi connectivity index (χ2v) is 12.2. The first-order valence-corrected chi connectivity index (χ1v) is 12.2. The van der Waals surface area contributed by atoms with Gasteiger partial charge in [0.2, 0.25) is 0 Å². The molecule has 136 valence electrons. The summed E-state index contributed by atoms with van der Waals surface area (Å²) in [6.45, 7) is 0.0219. The molecule has 0 saturated carbocycles. The van der Waals surface area contributed by atoms with Gasteiger partial charge in [-0.1, -0.05) is 41.4 Å². The lowest BCUT2D eigenvalue weighted by Gasteiger charge is -2.18. The zero-order valence-corrected chi connectivity index (χ0v) is 16.9. The average Bonchev–Trinajstić information content (AvgIpc) is 2.91. The Bertz CT molecular complexity index is 986. The second kappa shape index (κ2) is 7.17. The molecule has 10 heteroatoms. The third-order valence-electron chi connectivity index (χ3n) is 4.09.